The predicted octanol–water partition coefficient (Wildman–Crippen LogP) is 5.54. The summed E-state index contributed by atoms with van der Waals surface area (Å²) in [4.78, 5) is 0. The van der Waals surface area contributed by atoms with E-state index in [2.05, 4.69) is 43.4 Å². The lowest BCUT2D eigenvalue weighted by molar-refractivity contribution is 0.531. The van der Waals surface area contributed by atoms with E-state index in [0.29, 0.717) is 12.0 Å². The Hall–Kier alpha value is -1.47. The topological polar surface area (TPSA) is 12.0 Å². The lowest BCUT2D eigenvalue weighted by atomic mass is 9.97. The van der Waals surface area contributed by atoms with Crippen LogP contribution in [-0.2, 0) is 0 Å². The molecule has 2 aromatic rings. The highest BCUT2D eigenvalue weighted by Gasteiger charge is 2.14. The van der Waals surface area contributed by atoms with Crippen LogP contribution >= 0.6 is 11.6 Å². The molecule has 2 aromatic carbocycles. The van der Waals surface area contributed by atoms with Gasteiger partial charge in [-0.05, 0) is 30.0 Å². The van der Waals surface area contributed by atoms with E-state index < -0.39 is 0 Å². The zero-order valence-corrected chi connectivity index (χ0v) is 12.2. The highest BCUT2D eigenvalue weighted by atomic mass is 35.5. The van der Waals surface area contributed by atoms with E-state index in [9.17, 15) is 0 Å². The van der Waals surface area contributed by atoms with E-state index >= 15 is 0 Å². The predicted molar refractivity (Wildman–Crippen MR) is 83.7 cm³/mol. The number of anilines is 1. The molecule has 19 heavy (non-hydrogen) atoms. The van der Waals surface area contributed by atoms with Gasteiger partial charge in [-0.1, -0.05) is 67.9 Å². The van der Waals surface area contributed by atoms with E-state index in [-0.39, 0.29) is 0 Å². The molecule has 1 N–H and O–H groups in total. The summed E-state index contributed by atoms with van der Waals surface area (Å²) in [5, 5.41) is 4.33. The van der Waals surface area contributed by atoms with Crippen LogP contribution in [0.25, 0.3) is 0 Å². The molecule has 0 radical (unpaired) electrons. The molecule has 1 atom stereocenters. The largest absolute Gasteiger partial charge is 0.377 e. The highest BCUT2D eigenvalue weighted by molar-refractivity contribution is 6.33. The maximum Gasteiger partial charge on any atom is 0.0637 e. The lowest BCUT2D eigenvalue weighted by Crippen LogP contribution is -2.13. The van der Waals surface area contributed by atoms with Crippen LogP contribution in [0.4, 0.5) is 5.69 Å². The molecule has 0 aliphatic heterocycles. The van der Waals surface area contributed by atoms with Gasteiger partial charge in [-0.25, -0.2) is 0 Å². The average Bonchev–Trinajstić information content (AvgIpc) is 2.41. The summed E-state index contributed by atoms with van der Waals surface area (Å²) in [5.74, 6) is 0.625. The molecule has 0 fully saturated rings. The fourth-order valence-electron chi connectivity index (χ4n) is 2.20. The number of rotatable bonds is 5. The molecule has 0 aromatic heterocycles. The van der Waals surface area contributed by atoms with E-state index in [1.54, 1.807) is 0 Å². The Morgan fingerprint density at radius 2 is 1.58 bits per heavy atom. The van der Waals surface area contributed by atoms with Gasteiger partial charge in [-0.15, -0.1) is 0 Å². The van der Waals surface area contributed by atoms with Gasteiger partial charge in [0.1, 0.15) is 0 Å². The first-order valence-corrected chi connectivity index (χ1v) is 7.10. The van der Waals surface area contributed by atoms with Crippen LogP contribution in [0.1, 0.15) is 31.9 Å². The second kappa shape index (κ2) is 6.63. The maximum absolute atomic E-state index is 6.23. The van der Waals surface area contributed by atoms with Crippen molar-refractivity contribution in [1.82, 2.24) is 0 Å². The van der Waals surface area contributed by atoms with E-state index in [0.717, 1.165) is 17.1 Å². The maximum atomic E-state index is 6.23. The number of benzene rings is 2. The Kier molecular flexibility index (Phi) is 4.86. The lowest BCUT2D eigenvalue weighted by Gasteiger charge is -2.23. The molecular formula is C17H20ClN. The van der Waals surface area contributed by atoms with Gasteiger partial charge >= 0.3 is 0 Å². The summed E-state index contributed by atoms with van der Waals surface area (Å²) in [6.07, 6.45) is 1.08. The van der Waals surface area contributed by atoms with Crippen molar-refractivity contribution in [3.63, 3.8) is 0 Å². The zero-order chi connectivity index (χ0) is 13.7. The smallest absolute Gasteiger partial charge is 0.0637 e. The van der Waals surface area contributed by atoms with E-state index in [4.69, 9.17) is 11.6 Å². The Morgan fingerprint density at radius 1 is 0.947 bits per heavy atom. The number of hydrogen-bond donors (Lipinski definition) is 1. The van der Waals surface area contributed by atoms with Gasteiger partial charge in [0, 0.05) is 0 Å². The fraction of sp³-hybridized carbons (Fsp3) is 0.294. The number of nitrogens with one attached hydrogen (secondary N) is 1. The monoisotopic (exact) mass is 273 g/mol. The van der Waals surface area contributed by atoms with Crippen molar-refractivity contribution in [2.45, 2.75) is 26.3 Å². The van der Waals surface area contributed by atoms with Crippen molar-refractivity contribution < 1.29 is 0 Å². The molecule has 2 heteroatoms. The van der Waals surface area contributed by atoms with Crippen LogP contribution in [0.3, 0.4) is 0 Å². The molecule has 0 aliphatic carbocycles. The van der Waals surface area contributed by atoms with Gasteiger partial charge in [0.2, 0.25) is 0 Å². The fourth-order valence-corrected chi connectivity index (χ4v) is 2.39. The van der Waals surface area contributed by atoms with Crippen LogP contribution in [0.15, 0.2) is 54.6 Å². The third-order valence-corrected chi connectivity index (χ3v) is 3.44. The molecule has 0 amide bonds. The number of para-hydroxylation sites is 1. The number of hydrogen-bond acceptors (Lipinski definition) is 1. The average molecular weight is 274 g/mol. The van der Waals surface area contributed by atoms with Crippen molar-refractivity contribution >= 4 is 17.3 Å². The Morgan fingerprint density at radius 3 is 2.21 bits per heavy atom. The summed E-state index contributed by atoms with van der Waals surface area (Å²) >= 11 is 6.23. The highest BCUT2D eigenvalue weighted by Crippen LogP contribution is 2.29. The quantitative estimate of drug-likeness (QED) is 0.754. The molecule has 0 heterocycles. The van der Waals surface area contributed by atoms with Gasteiger partial charge in [-0.3, -0.25) is 0 Å². The molecular weight excluding hydrogens is 254 g/mol. The first kappa shape index (κ1) is 14.0. The van der Waals surface area contributed by atoms with Gasteiger partial charge in [0.05, 0.1) is 16.8 Å². The van der Waals surface area contributed by atoms with Crippen LogP contribution in [0.5, 0.6) is 0 Å². The molecule has 0 spiro atoms. The van der Waals surface area contributed by atoms with Crippen LogP contribution in [0.2, 0.25) is 5.02 Å². The Balaban J connectivity index is 2.22. The minimum atomic E-state index is 0.293. The van der Waals surface area contributed by atoms with Gasteiger partial charge in [0.15, 0.2) is 0 Å². The first-order chi connectivity index (χ1) is 9.16. The van der Waals surface area contributed by atoms with Crippen molar-refractivity contribution in [1.29, 1.82) is 0 Å². The summed E-state index contributed by atoms with van der Waals surface area (Å²) in [6, 6.07) is 18.7. The van der Waals surface area contributed by atoms with Crippen molar-refractivity contribution in [3.8, 4) is 0 Å². The molecule has 0 saturated carbocycles. The minimum absolute atomic E-state index is 0.293. The molecule has 2 rings (SSSR count). The van der Waals surface area contributed by atoms with Crippen LogP contribution in [-0.4, -0.2) is 0 Å². The molecule has 0 bridgehead atoms. The Bertz CT molecular complexity index is 508. The molecule has 1 unspecified atom stereocenters. The van der Waals surface area contributed by atoms with Gasteiger partial charge in [-0.2, -0.15) is 0 Å². The minimum Gasteiger partial charge on any atom is -0.377 e. The summed E-state index contributed by atoms with van der Waals surface area (Å²) in [7, 11) is 0. The van der Waals surface area contributed by atoms with Gasteiger partial charge < -0.3 is 5.32 Å². The van der Waals surface area contributed by atoms with Crippen molar-refractivity contribution in [2.24, 2.45) is 5.92 Å². The molecule has 1 nitrogen and oxygen atoms in total. The Labute approximate surface area is 120 Å². The normalized spacial score (nSPS) is 12.4. The third kappa shape index (κ3) is 4.00. The standard InChI is InChI=1S/C17H20ClN/c1-13(2)12-17(14-8-4-3-5-9-14)19-16-11-7-6-10-15(16)18/h3-11,13,17,19H,12H2,1-2H3. The summed E-state index contributed by atoms with van der Waals surface area (Å²) in [6.45, 7) is 4.48. The number of halogens is 1. The second-order valence-corrected chi connectivity index (χ2v) is 5.62. The third-order valence-electron chi connectivity index (χ3n) is 3.11. The van der Waals surface area contributed by atoms with Crippen molar-refractivity contribution in [3.05, 3.63) is 65.2 Å². The second-order valence-electron chi connectivity index (χ2n) is 5.22. The van der Waals surface area contributed by atoms with E-state index in [1.807, 2.05) is 30.3 Å². The van der Waals surface area contributed by atoms with Crippen LogP contribution < -0.4 is 5.32 Å². The SMILES string of the molecule is CC(C)CC(Nc1ccccc1Cl)c1ccccc1. The molecule has 0 aliphatic rings. The summed E-state index contributed by atoms with van der Waals surface area (Å²) < 4.78 is 0. The van der Waals surface area contributed by atoms with Crippen LogP contribution in [0, 0.1) is 5.92 Å². The summed E-state index contributed by atoms with van der Waals surface area (Å²) in [5.41, 5.74) is 2.30. The van der Waals surface area contributed by atoms with Crippen molar-refractivity contribution in [2.75, 3.05) is 5.32 Å². The first-order valence-electron chi connectivity index (χ1n) is 6.73. The molecule has 0 saturated heterocycles. The van der Waals surface area contributed by atoms with E-state index in [1.165, 1.54) is 5.56 Å². The zero-order valence-electron chi connectivity index (χ0n) is 11.4. The molecule has 100 valence electrons. The van der Waals surface area contributed by atoms with Gasteiger partial charge in [0.25, 0.3) is 0 Å².